The van der Waals surface area contributed by atoms with Crippen LogP contribution in [0.5, 0.6) is 0 Å². The third kappa shape index (κ3) is 56.9. The first-order chi connectivity index (χ1) is 34.0. The number of hydrogen-bond donors (Lipinski definition) is 0. The van der Waals surface area contributed by atoms with Gasteiger partial charge in [0.05, 0.1) is 0 Å². The van der Waals surface area contributed by atoms with Gasteiger partial charge in [-0.2, -0.15) is 0 Å². The molecule has 0 aliphatic carbocycles. The highest BCUT2D eigenvalue weighted by atomic mass is 16.6. The monoisotopic (exact) mass is 973 g/mol. The molecule has 0 saturated heterocycles. The highest BCUT2D eigenvalue weighted by Gasteiger charge is 2.19. The minimum atomic E-state index is -0.769. The standard InChI is InChI=1S/C63H120O6/c1-4-7-10-13-16-19-22-25-28-30-31-33-36-38-41-44-47-50-53-56-62(65)68-59-60(69-63(66)57-54-51-48-45-42-39-34-27-24-21-18-15-12-9-6-3)58-67-61(64)55-52-49-46-43-40-37-35-32-29-26-23-20-17-14-11-8-5-2/h27,34,60H,4-26,28-33,35-59H2,1-3H3/b34-27-/t60-/m0/s1. The smallest absolute Gasteiger partial charge is 0.306 e. The van der Waals surface area contributed by atoms with E-state index in [-0.39, 0.29) is 31.1 Å². The van der Waals surface area contributed by atoms with Crippen LogP contribution in [0.15, 0.2) is 12.2 Å². The van der Waals surface area contributed by atoms with Gasteiger partial charge < -0.3 is 14.2 Å². The van der Waals surface area contributed by atoms with E-state index in [1.54, 1.807) is 0 Å². The van der Waals surface area contributed by atoms with E-state index in [0.29, 0.717) is 19.3 Å². The van der Waals surface area contributed by atoms with Crippen molar-refractivity contribution in [3.05, 3.63) is 12.2 Å². The largest absolute Gasteiger partial charge is 0.462 e. The molecule has 6 nitrogen and oxygen atoms in total. The highest BCUT2D eigenvalue weighted by molar-refractivity contribution is 5.71. The Morgan fingerprint density at radius 1 is 0.275 bits per heavy atom. The average molecular weight is 974 g/mol. The molecule has 0 amide bonds. The van der Waals surface area contributed by atoms with E-state index in [2.05, 4.69) is 32.9 Å². The van der Waals surface area contributed by atoms with Gasteiger partial charge in [-0.15, -0.1) is 0 Å². The molecule has 0 bridgehead atoms. The van der Waals surface area contributed by atoms with E-state index in [1.807, 2.05) is 0 Å². The van der Waals surface area contributed by atoms with Crippen LogP contribution in [0.2, 0.25) is 0 Å². The summed E-state index contributed by atoms with van der Waals surface area (Å²) in [4.78, 5) is 38.2. The Labute approximate surface area is 431 Å². The molecule has 0 rings (SSSR count). The van der Waals surface area contributed by atoms with Gasteiger partial charge in [-0.05, 0) is 44.9 Å². The summed E-state index contributed by atoms with van der Waals surface area (Å²) in [6.07, 6.45) is 67.8. The molecule has 0 N–H and O–H groups in total. The fraction of sp³-hybridized carbons (Fsp3) is 0.921. The van der Waals surface area contributed by atoms with Gasteiger partial charge in [-0.3, -0.25) is 14.4 Å². The molecule has 69 heavy (non-hydrogen) atoms. The lowest BCUT2D eigenvalue weighted by Gasteiger charge is -2.18. The maximum atomic E-state index is 12.9. The van der Waals surface area contributed by atoms with Gasteiger partial charge in [0, 0.05) is 19.3 Å². The van der Waals surface area contributed by atoms with Gasteiger partial charge in [-0.25, -0.2) is 0 Å². The van der Waals surface area contributed by atoms with E-state index in [1.165, 1.54) is 250 Å². The summed E-state index contributed by atoms with van der Waals surface area (Å²) in [6, 6.07) is 0. The number of hydrogen-bond acceptors (Lipinski definition) is 6. The van der Waals surface area contributed by atoms with Crippen molar-refractivity contribution in [1.29, 1.82) is 0 Å². The maximum absolute atomic E-state index is 12.9. The van der Waals surface area contributed by atoms with Crippen molar-refractivity contribution in [3.63, 3.8) is 0 Å². The Balaban J connectivity index is 4.29. The predicted molar refractivity (Wildman–Crippen MR) is 298 cm³/mol. The lowest BCUT2D eigenvalue weighted by molar-refractivity contribution is -0.167. The van der Waals surface area contributed by atoms with Gasteiger partial charge in [0.2, 0.25) is 0 Å². The van der Waals surface area contributed by atoms with Crippen LogP contribution in [0.4, 0.5) is 0 Å². The van der Waals surface area contributed by atoms with Crippen molar-refractivity contribution in [2.24, 2.45) is 0 Å². The lowest BCUT2D eigenvalue weighted by Crippen LogP contribution is -2.30. The first-order valence-electron chi connectivity index (χ1n) is 31.2. The van der Waals surface area contributed by atoms with E-state index >= 15 is 0 Å². The van der Waals surface area contributed by atoms with Crippen LogP contribution >= 0.6 is 0 Å². The third-order valence-electron chi connectivity index (χ3n) is 14.3. The summed E-state index contributed by atoms with van der Waals surface area (Å²) >= 11 is 0. The number of allylic oxidation sites excluding steroid dienone is 2. The molecular formula is C63H120O6. The van der Waals surface area contributed by atoms with Gasteiger partial charge in [0.1, 0.15) is 13.2 Å². The number of carbonyl (C=O) groups excluding carboxylic acids is 3. The number of unbranched alkanes of at least 4 members (excludes halogenated alkanes) is 45. The molecular weight excluding hydrogens is 853 g/mol. The zero-order valence-electron chi connectivity index (χ0n) is 46.9. The quantitative estimate of drug-likeness (QED) is 0.0261. The van der Waals surface area contributed by atoms with Crippen molar-refractivity contribution < 1.29 is 28.6 Å². The Morgan fingerprint density at radius 3 is 0.725 bits per heavy atom. The average Bonchev–Trinajstić information content (AvgIpc) is 3.35. The fourth-order valence-electron chi connectivity index (χ4n) is 9.56. The van der Waals surface area contributed by atoms with Crippen LogP contribution in [0.3, 0.4) is 0 Å². The summed E-state index contributed by atoms with van der Waals surface area (Å²) in [5, 5.41) is 0. The second-order valence-electron chi connectivity index (χ2n) is 21.3. The predicted octanol–water partition coefficient (Wildman–Crippen LogP) is 20.9. The van der Waals surface area contributed by atoms with Gasteiger partial charge in [0.25, 0.3) is 0 Å². The Hall–Kier alpha value is -1.85. The van der Waals surface area contributed by atoms with E-state index in [9.17, 15) is 14.4 Å². The van der Waals surface area contributed by atoms with Crippen molar-refractivity contribution in [2.75, 3.05) is 13.2 Å². The van der Waals surface area contributed by atoms with Crippen LogP contribution < -0.4 is 0 Å². The molecule has 0 aliphatic heterocycles. The van der Waals surface area contributed by atoms with Gasteiger partial charge in [-0.1, -0.05) is 303 Å². The SMILES string of the molecule is CCCCCCCC/C=C\CCCCCCCC(=O)O[C@@H](COC(=O)CCCCCCCCCCCCCCCCCCC)COC(=O)CCCCCCCCCCCCCCCCCCCCC. The highest BCUT2D eigenvalue weighted by Crippen LogP contribution is 2.18. The first kappa shape index (κ1) is 67.1. The molecule has 6 heteroatoms. The normalized spacial score (nSPS) is 12.0. The molecule has 0 aliphatic rings. The van der Waals surface area contributed by atoms with Gasteiger partial charge in [0.15, 0.2) is 6.10 Å². The number of esters is 3. The molecule has 0 fully saturated rings. The van der Waals surface area contributed by atoms with Gasteiger partial charge >= 0.3 is 17.9 Å². The zero-order chi connectivity index (χ0) is 50.0. The Morgan fingerprint density at radius 2 is 0.478 bits per heavy atom. The Kier molecular flexibility index (Phi) is 57.1. The molecule has 0 heterocycles. The van der Waals surface area contributed by atoms with Crippen LogP contribution in [0.1, 0.15) is 355 Å². The second kappa shape index (κ2) is 58.7. The van der Waals surface area contributed by atoms with Crippen molar-refractivity contribution in [2.45, 2.75) is 361 Å². The van der Waals surface area contributed by atoms with Crippen LogP contribution in [0.25, 0.3) is 0 Å². The Bertz CT molecular complexity index is 1070. The van der Waals surface area contributed by atoms with Crippen molar-refractivity contribution in [3.8, 4) is 0 Å². The molecule has 0 spiro atoms. The number of rotatable bonds is 58. The van der Waals surface area contributed by atoms with Crippen LogP contribution in [-0.4, -0.2) is 37.2 Å². The molecule has 408 valence electrons. The molecule has 0 aromatic carbocycles. The van der Waals surface area contributed by atoms with Crippen LogP contribution in [0, 0.1) is 0 Å². The topological polar surface area (TPSA) is 78.9 Å². The third-order valence-corrected chi connectivity index (χ3v) is 14.3. The summed E-state index contributed by atoms with van der Waals surface area (Å²) < 4.78 is 16.9. The minimum Gasteiger partial charge on any atom is -0.462 e. The summed E-state index contributed by atoms with van der Waals surface area (Å²) in [5.74, 6) is -0.846. The number of ether oxygens (including phenoxy) is 3. The first-order valence-corrected chi connectivity index (χ1v) is 31.2. The zero-order valence-corrected chi connectivity index (χ0v) is 46.9. The summed E-state index contributed by atoms with van der Waals surface area (Å²) in [7, 11) is 0. The molecule has 1 atom stereocenters. The second-order valence-corrected chi connectivity index (χ2v) is 21.3. The lowest BCUT2D eigenvalue weighted by atomic mass is 10.0. The van der Waals surface area contributed by atoms with E-state index in [0.717, 1.165) is 64.2 Å². The van der Waals surface area contributed by atoms with Crippen LogP contribution in [-0.2, 0) is 28.6 Å². The molecule has 0 saturated carbocycles. The van der Waals surface area contributed by atoms with Crippen molar-refractivity contribution >= 4 is 17.9 Å². The fourth-order valence-corrected chi connectivity index (χ4v) is 9.56. The van der Waals surface area contributed by atoms with E-state index in [4.69, 9.17) is 14.2 Å². The molecule has 0 aromatic rings. The minimum absolute atomic E-state index is 0.0670. The number of carbonyl (C=O) groups is 3. The molecule has 0 unspecified atom stereocenters. The van der Waals surface area contributed by atoms with Crippen molar-refractivity contribution in [1.82, 2.24) is 0 Å². The molecule has 0 aromatic heterocycles. The summed E-state index contributed by atoms with van der Waals surface area (Å²) in [6.45, 7) is 6.70. The molecule has 0 radical (unpaired) electrons. The summed E-state index contributed by atoms with van der Waals surface area (Å²) in [5.41, 5.74) is 0. The maximum Gasteiger partial charge on any atom is 0.306 e. The van der Waals surface area contributed by atoms with E-state index < -0.39 is 6.10 Å².